The Kier molecular flexibility index (Phi) is 2.70. The molecule has 1 heterocycles. The molecule has 2 aromatic rings. The molecule has 0 unspecified atom stereocenters. The molecular formula is C11H12FN3O. The standard InChI is InChI=1S/C11H12FN3O/c1-7-13-8(2)15(14-7)11-4-3-10(12)5-9(11)6-16/h3-5,16H,6H2,1-2H3. The topological polar surface area (TPSA) is 50.9 Å². The van der Waals surface area contributed by atoms with E-state index in [1.165, 1.54) is 12.1 Å². The number of aryl methyl sites for hydroxylation is 2. The van der Waals surface area contributed by atoms with Gasteiger partial charge in [0.05, 0.1) is 12.3 Å². The van der Waals surface area contributed by atoms with Crippen molar-refractivity contribution in [2.45, 2.75) is 20.5 Å². The normalized spacial score (nSPS) is 10.8. The fourth-order valence-corrected chi connectivity index (χ4v) is 1.64. The SMILES string of the molecule is Cc1nc(C)n(-c2ccc(F)cc2CO)n1. The van der Waals surface area contributed by atoms with Gasteiger partial charge in [-0.1, -0.05) is 0 Å². The molecule has 0 amide bonds. The van der Waals surface area contributed by atoms with E-state index < -0.39 is 0 Å². The van der Waals surface area contributed by atoms with Gasteiger partial charge in [0.15, 0.2) is 0 Å². The van der Waals surface area contributed by atoms with Crippen molar-refractivity contribution in [3.05, 3.63) is 41.2 Å². The van der Waals surface area contributed by atoms with E-state index in [-0.39, 0.29) is 12.4 Å². The molecule has 0 aliphatic carbocycles. The van der Waals surface area contributed by atoms with Crippen LogP contribution < -0.4 is 0 Å². The Labute approximate surface area is 92.4 Å². The first-order chi connectivity index (χ1) is 7.61. The van der Waals surface area contributed by atoms with Crippen LogP contribution in [0.15, 0.2) is 18.2 Å². The van der Waals surface area contributed by atoms with Crippen LogP contribution in [-0.4, -0.2) is 19.9 Å². The summed E-state index contributed by atoms with van der Waals surface area (Å²) >= 11 is 0. The van der Waals surface area contributed by atoms with Crippen molar-refractivity contribution in [3.63, 3.8) is 0 Å². The van der Waals surface area contributed by atoms with Gasteiger partial charge in [0.2, 0.25) is 0 Å². The van der Waals surface area contributed by atoms with E-state index in [4.69, 9.17) is 0 Å². The van der Waals surface area contributed by atoms with Gasteiger partial charge in [-0.3, -0.25) is 0 Å². The maximum atomic E-state index is 13.0. The van der Waals surface area contributed by atoms with Crippen LogP contribution in [0.4, 0.5) is 4.39 Å². The highest BCUT2D eigenvalue weighted by Gasteiger charge is 2.10. The number of aliphatic hydroxyl groups excluding tert-OH is 1. The lowest BCUT2D eigenvalue weighted by atomic mass is 10.2. The zero-order valence-electron chi connectivity index (χ0n) is 9.11. The second kappa shape index (κ2) is 4.02. The molecule has 0 aliphatic heterocycles. The molecule has 1 N–H and O–H groups in total. The Morgan fingerprint density at radius 3 is 2.69 bits per heavy atom. The van der Waals surface area contributed by atoms with Gasteiger partial charge in [0.25, 0.3) is 0 Å². The van der Waals surface area contributed by atoms with Gasteiger partial charge in [0.1, 0.15) is 17.5 Å². The Bertz CT molecular complexity index is 522. The fraction of sp³-hybridized carbons (Fsp3) is 0.273. The summed E-state index contributed by atoms with van der Waals surface area (Å²) in [4.78, 5) is 4.16. The predicted molar refractivity (Wildman–Crippen MR) is 56.7 cm³/mol. The molecule has 16 heavy (non-hydrogen) atoms. The molecule has 5 heteroatoms. The summed E-state index contributed by atoms with van der Waals surface area (Å²) in [7, 11) is 0. The first kappa shape index (κ1) is 10.8. The van der Waals surface area contributed by atoms with E-state index in [9.17, 15) is 9.50 Å². The van der Waals surface area contributed by atoms with Crippen LogP contribution >= 0.6 is 0 Å². The average molecular weight is 221 g/mol. The zero-order chi connectivity index (χ0) is 11.7. The number of rotatable bonds is 2. The summed E-state index contributed by atoms with van der Waals surface area (Å²) in [6, 6.07) is 4.22. The first-order valence-electron chi connectivity index (χ1n) is 4.91. The van der Waals surface area contributed by atoms with Crippen LogP contribution in [0, 0.1) is 19.7 Å². The van der Waals surface area contributed by atoms with Gasteiger partial charge in [-0.25, -0.2) is 14.1 Å². The minimum Gasteiger partial charge on any atom is -0.392 e. The van der Waals surface area contributed by atoms with Crippen LogP contribution in [0.5, 0.6) is 0 Å². The van der Waals surface area contributed by atoms with Crippen LogP contribution in [0.3, 0.4) is 0 Å². The number of hydrogen-bond acceptors (Lipinski definition) is 3. The molecule has 0 spiro atoms. The minimum atomic E-state index is -0.373. The Morgan fingerprint density at radius 1 is 1.38 bits per heavy atom. The van der Waals surface area contributed by atoms with Crippen molar-refractivity contribution in [1.29, 1.82) is 0 Å². The lowest BCUT2D eigenvalue weighted by Gasteiger charge is -2.08. The molecule has 2 rings (SSSR count). The molecule has 0 aliphatic rings. The van der Waals surface area contributed by atoms with Crippen molar-refractivity contribution >= 4 is 0 Å². The molecule has 1 aromatic heterocycles. The molecule has 84 valence electrons. The van der Waals surface area contributed by atoms with Gasteiger partial charge in [-0.15, -0.1) is 0 Å². The minimum absolute atomic E-state index is 0.231. The van der Waals surface area contributed by atoms with Gasteiger partial charge in [-0.2, -0.15) is 5.10 Å². The van der Waals surface area contributed by atoms with E-state index in [1.54, 1.807) is 17.7 Å². The summed E-state index contributed by atoms with van der Waals surface area (Å²) in [6.45, 7) is 3.36. The summed E-state index contributed by atoms with van der Waals surface area (Å²) in [5.74, 6) is 0.979. The van der Waals surface area contributed by atoms with Crippen molar-refractivity contribution in [2.24, 2.45) is 0 Å². The van der Waals surface area contributed by atoms with Crippen LogP contribution in [0.2, 0.25) is 0 Å². The highest BCUT2D eigenvalue weighted by molar-refractivity contribution is 5.40. The molecule has 0 radical (unpaired) electrons. The maximum Gasteiger partial charge on any atom is 0.148 e. The average Bonchev–Trinajstić information content (AvgIpc) is 2.57. The quantitative estimate of drug-likeness (QED) is 0.836. The largest absolute Gasteiger partial charge is 0.392 e. The van der Waals surface area contributed by atoms with Crippen molar-refractivity contribution < 1.29 is 9.50 Å². The number of aromatic nitrogens is 3. The van der Waals surface area contributed by atoms with Crippen molar-refractivity contribution in [3.8, 4) is 5.69 Å². The lowest BCUT2D eigenvalue weighted by Crippen LogP contribution is -2.04. The van der Waals surface area contributed by atoms with E-state index in [1.807, 2.05) is 6.92 Å². The molecule has 0 bridgehead atoms. The Balaban J connectivity index is 2.59. The van der Waals surface area contributed by atoms with Crippen LogP contribution in [-0.2, 0) is 6.61 Å². The zero-order valence-corrected chi connectivity index (χ0v) is 9.11. The summed E-state index contributed by atoms with van der Waals surface area (Å²) in [5, 5.41) is 13.4. The number of nitrogens with zero attached hydrogens (tertiary/aromatic N) is 3. The fourth-order valence-electron chi connectivity index (χ4n) is 1.64. The Morgan fingerprint density at radius 2 is 2.12 bits per heavy atom. The molecule has 0 atom stereocenters. The highest BCUT2D eigenvalue weighted by Crippen LogP contribution is 2.17. The van der Waals surface area contributed by atoms with Gasteiger partial charge >= 0.3 is 0 Å². The molecule has 0 fully saturated rings. The highest BCUT2D eigenvalue weighted by atomic mass is 19.1. The molecule has 1 aromatic carbocycles. The predicted octanol–water partition coefficient (Wildman–Crippen LogP) is 1.52. The number of aliphatic hydroxyl groups is 1. The van der Waals surface area contributed by atoms with E-state index in [2.05, 4.69) is 10.1 Å². The lowest BCUT2D eigenvalue weighted by molar-refractivity contribution is 0.280. The second-order valence-corrected chi connectivity index (χ2v) is 3.55. The van der Waals surface area contributed by atoms with Crippen molar-refractivity contribution in [1.82, 2.24) is 14.8 Å². The number of hydrogen-bond donors (Lipinski definition) is 1. The molecule has 4 nitrogen and oxygen atoms in total. The molecule has 0 saturated heterocycles. The summed E-state index contributed by atoms with van der Waals surface area (Å²) in [5.41, 5.74) is 1.15. The van der Waals surface area contributed by atoms with E-state index in [0.29, 0.717) is 22.9 Å². The van der Waals surface area contributed by atoms with Gasteiger partial charge in [-0.05, 0) is 32.0 Å². The number of halogens is 1. The summed E-state index contributed by atoms with van der Waals surface area (Å²) in [6.07, 6.45) is 0. The van der Waals surface area contributed by atoms with Crippen LogP contribution in [0.1, 0.15) is 17.2 Å². The third-order valence-corrected chi connectivity index (χ3v) is 2.31. The maximum absolute atomic E-state index is 13.0. The third kappa shape index (κ3) is 1.81. The van der Waals surface area contributed by atoms with Crippen LogP contribution in [0.25, 0.3) is 5.69 Å². The smallest absolute Gasteiger partial charge is 0.148 e. The van der Waals surface area contributed by atoms with E-state index in [0.717, 1.165) is 0 Å². The number of benzene rings is 1. The Hall–Kier alpha value is -1.75. The monoisotopic (exact) mass is 221 g/mol. The van der Waals surface area contributed by atoms with Gasteiger partial charge < -0.3 is 5.11 Å². The van der Waals surface area contributed by atoms with Crippen molar-refractivity contribution in [2.75, 3.05) is 0 Å². The first-order valence-corrected chi connectivity index (χ1v) is 4.91. The third-order valence-electron chi connectivity index (χ3n) is 2.31. The molecular weight excluding hydrogens is 209 g/mol. The molecule has 0 saturated carbocycles. The second-order valence-electron chi connectivity index (χ2n) is 3.55. The van der Waals surface area contributed by atoms with E-state index >= 15 is 0 Å². The van der Waals surface area contributed by atoms with Gasteiger partial charge in [0, 0.05) is 5.56 Å². The summed E-state index contributed by atoms with van der Waals surface area (Å²) < 4.78 is 14.6.